The van der Waals surface area contributed by atoms with Crippen LogP contribution in [0.2, 0.25) is 0 Å². The number of hydrogen-bond acceptors (Lipinski definition) is 6. The number of esters is 2. The molecule has 0 amide bonds. The molecule has 1 saturated heterocycles. The lowest BCUT2D eigenvalue weighted by atomic mass is 10.1. The summed E-state index contributed by atoms with van der Waals surface area (Å²) in [5, 5.41) is 3.17. The van der Waals surface area contributed by atoms with Crippen molar-refractivity contribution in [3.63, 3.8) is 0 Å². The monoisotopic (exact) mass is 258 g/mol. The molecule has 0 aliphatic carbocycles. The molecule has 6 heteroatoms. The van der Waals surface area contributed by atoms with E-state index in [4.69, 9.17) is 4.74 Å². The summed E-state index contributed by atoms with van der Waals surface area (Å²) in [5.41, 5.74) is 0. The highest BCUT2D eigenvalue weighted by Gasteiger charge is 2.33. The van der Waals surface area contributed by atoms with E-state index < -0.39 is 0 Å². The quantitative estimate of drug-likeness (QED) is 0.687. The van der Waals surface area contributed by atoms with Crippen molar-refractivity contribution >= 4 is 11.9 Å². The van der Waals surface area contributed by atoms with Gasteiger partial charge in [0.15, 0.2) is 0 Å². The highest BCUT2D eigenvalue weighted by molar-refractivity contribution is 5.76. The minimum absolute atomic E-state index is 0.0334. The summed E-state index contributed by atoms with van der Waals surface area (Å²) in [6.45, 7) is 6.17. The van der Waals surface area contributed by atoms with Gasteiger partial charge in [-0.3, -0.25) is 14.5 Å². The predicted octanol–water partition coefficient (Wildman–Crippen LogP) is -0.225. The molecule has 18 heavy (non-hydrogen) atoms. The first-order valence-electron chi connectivity index (χ1n) is 6.30. The zero-order valence-electron chi connectivity index (χ0n) is 11.3. The van der Waals surface area contributed by atoms with Crippen LogP contribution >= 0.6 is 0 Å². The third-order valence-electron chi connectivity index (χ3n) is 3.10. The van der Waals surface area contributed by atoms with Crippen molar-refractivity contribution in [3.8, 4) is 0 Å². The fraction of sp³-hybridized carbons (Fsp3) is 0.833. The van der Waals surface area contributed by atoms with E-state index in [0.717, 1.165) is 13.1 Å². The molecule has 0 radical (unpaired) electrons. The van der Waals surface area contributed by atoms with Crippen molar-refractivity contribution in [1.29, 1.82) is 0 Å². The number of ether oxygens (including phenoxy) is 2. The first kappa shape index (κ1) is 14.9. The third-order valence-corrected chi connectivity index (χ3v) is 3.10. The average Bonchev–Trinajstić information content (AvgIpc) is 2.38. The van der Waals surface area contributed by atoms with E-state index in [-0.39, 0.29) is 30.4 Å². The van der Waals surface area contributed by atoms with Gasteiger partial charge in [-0.15, -0.1) is 0 Å². The van der Waals surface area contributed by atoms with Crippen molar-refractivity contribution in [3.05, 3.63) is 0 Å². The Labute approximate surface area is 108 Å². The zero-order chi connectivity index (χ0) is 13.5. The lowest BCUT2D eigenvalue weighted by Crippen LogP contribution is -2.58. The van der Waals surface area contributed by atoms with Crippen LogP contribution in [-0.2, 0) is 19.1 Å². The molecule has 1 heterocycles. The SMILES string of the molecule is CCOC(=O)C1CNCCN1C(C)CC(=O)OC. The molecule has 6 nitrogen and oxygen atoms in total. The molecule has 104 valence electrons. The van der Waals surface area contributed by atoms with Gasteiger partial charge < -0.3 is 14.8 Å². The molecule has 0 spiro atoms. The maximum Gasteiger partial charge on any atom is 0.324 e. The molecule has 1 aliphatic heterocycles. The number of carbonyl (C=O) groups is 2. The fourth-order valence-corrected chi connectivity index (χ4v) is 2.15. The largest absolute Gasteiger partial charge is 0.469 e. The van der Waals surface area contributed by atoms with E-state index in [1.807, 2.05) is 11.8 Å². The van der Waals surface area contributed by atoms with Gasteiger partial charge in [-0.2, -0.15) is 0 Å². The highest BCUT2D eigenvalue weighted by atomic mass is 16.5. The van der Waals surface area contributed by atoms with Crippen LogP contribution in [-0.4, -0.2) is 62.3 Å². The van der Waals surface area contributed by atoms with E-state index in [2.05, 4.69) is 10.1 Å². The van der Waals surface area contributed by atoms with E-state index in [1.165, 1.54) is 7.11 Å². The molecule has 1 N–H and O–H groups in total. The summed E-state index contributed by atoms with van der Waals surface area (Å²) in [7, 11) is 1.37. The van der Waals surface area contributed by atoms with Crippen LogP contribution < -0.4 is 5.32 Å². The van der Waals surface area contributed by atoms with E-state index in [1.54, 1.807) is 6.92 Å². The maximum atomic E-state index is 11.8. The second kappa shape index (κ2) is 7.33. The Balaban J connectivity index is 2.63. The standard InChI is InChI=1S/C12H22N2O4/c1-4-18-12(16)10-8-13-5-6-14(10)9(2)7-11(15)17-3/h9-10,13H,4-8H2,1-3H3. The number of nitrogens with zero attached hydrogens (tertiary/aromatic N) is 1. The number of piperazine rings is 1. The Morgan fingerprint density at radius 1 is 1.50 bits per heavy atom. The van der Waals surface area contributed by atoms with Gasteiger partial charge in [0.05, 0.1) is 20.1 Å². The minimum atomic E-state index is -0.321. The van der Waals surface area contributed by atoms with Crippen molar-refractivity contribution in [1.82, 2.24) is 10.2 Å². The summed E-state index contributed by atoms with van der Waals surface area (Å²) < 4.78 is 9.71. The van der Waals surface area contributed by atoms with Crippen LogP contribution in [0.1, 0.15) is 20.3 Å². The smallest absolute Gasteiger partial charge is 0.324 e. The second-order valence-electron chi connectivity index (χ2n) is 4.34. The summed E-state index contributed by atoms with van der Waals surface area (Å²) in [6.07, 6.45) is 0.284. The van der Waals surface area contributed by atoms with Crippen molar-refractivity contribution in [2.75, 3.05) is 33.4 Å². The van der Waals surface area contributed by atoms with Crippen molar-refractivity contribution in [2.24, 2.45) is 0 Å². The Kier molecular flexibility index (Phi) is 6.07. The molecule has 1 fully saturated rings. The van der Waals surface area contributed by atoms with Gasteiger partial charge >= 0.3 is 11.9 Å². The molecule has 0 bridgehead atoms. The summed E-state index contributed by atoms with van der Waals surface area (Å²) >= 11 is 0. The number of methoxy groups -OCH3 is 1. The molecule has 0 aromatic rings. The van der Waals surface area contributed by atoms with Gasteiger partial charge in [-0.1, -0.05) is 0 Å². The molecule has 0 aromatic carbocycles. The van der Waals surface area contributed by atoms with Crippen LogP contribution in [0.4, 0.5) is 0 Å². The van der Waals surface area contributed by atoms with E-state index >= 15 is 0 Å². The molecular formula is C12H22N2O4. The van der Waals surface area contributed by atoms with Gasteiger partial charge in [0.25, 0.3) is 0 Å². The van der Waals surface area contributed by atoms with Crippen LogP contribution in [0.25, 0.3) is 0 Å². The Morgan fingerprint density at radius 2 is 2.22 bits per heavy atom. The molecule has 1 aliphatic rings. The molecule has 2 unspecified atom stereocenters. The molecule has 1 rings (SSSR count). The number of rotatable bonds is 5. The summed E-state index contributed by atoms with van der Waals surface area (Å²) in [5.74, 6) is -0.495. The van der Waals surface area contributed by atoms with Crippen LogP contribution in [0, 0.1) is 0 Å². The van der Waals surface area contributed by atoms with Gasteiger partial charge in [0.1, 0.15) is 6.04 Å². The topological polar surface area (TPSA) is 67.9 Å². The zero-order valence-corrected chi connectivity index (χ0v) is 11.3. The molecule has 0 aromatic heterocycles. The lowest BCUT2D eigenvalue weighted by molar-refractivity contribution is -0.153. The van der Waals surface area contributed by atoms with Crippen molar-refractivity contribution in [2.45, 2.75) is 32.4 Å². The van der Waals surface area contributed by atoms with E-state index in [9.17, 15) is 9.59 Å². The van der Waals surface area contributed by atoms with Crippen LogP contribution in [0.5, 0.6) is 0 Å². The maximum absolute atomic E-state index is 11.8. The predicted molar refractivity (Wildman–Crippen MR) is 66.1 cm³/mol. The van der Waals surface area contributed by atoms with Gasteiger partial charge in [0, 0.05) is 25.7 Å². The normalized spacial score (nSPS) is 22.3. The molecule has 0 saturated carbocycles. The third kappa shape index (κ3) is 3.96. The van der Waals surface area contributed by atoms with Gasteiger partial charge in [-0.05, 0) is 13.8 Å². The van der Waals surface area contributed by atoms with Crippen molar-refractivity contribution < 1.29 is 19.1 Å². The van der Waals surface area contributed by atoms with Crippen LogP contribution in [0.3, 0.4) is 0 Å². The number of carbonyl (C=O) groups excluding carboxylic acids is 2. The first-order chi connectivity index (χ1) is 8.60. The van der Waals surface area contributed by atoms with Gasteiger partial charge in [-0.25, -0.2) is 0 Å². The van der Waals surface area contributed by atoms with Crippen LogP contribution in [0.15, 0.2) is 0 Å². The number of nitrogens with one attached hydrogen (secondary N) is 1. The minimum Gasteiger partial charge on any atom is -0.469 e. The summed E-state index contributed by atoms with van der Waals surface area (Å²) in [6, 6.07) is -0.354. The van der Waals surface area contributed by atoms with E-state index in [0.29, 0.717) is 13.2 Å². The Bertz CT molecular complexity index is 296. The lowest BCUT2D eigenvalue weighted by Gasteiger charge is -2.38. The second-order valence-corrected chi connectivity index (χ2v) is 4.34. The highest BCUT2D eigenvalue weighted by Crippen LogP contribution is 2.13. The average molecular weight is 258 g/mol. The Morgan fingerprint density at radius 3 is 2.83 bits per heavy atom. The molecule has 2 atom stereocenters. The number of hydrogen-bond donors (Lipinski definition) is 1. The Hall–Kier alpha value is -1.14. The van der Waals surface area contributed by atoms with Gasteiger partial charge in [0.2, 0.25) is 0 Å². The summed E-state index contributed by atoms with van der Waals surface area (Å²) in [4.78, 5) is 25.1. The molecular weight excluding hydrogens is 236 g/mol. The first-order valence-corrected chi connectivity index (χ1v) is 6.30. The fourth-order valence-electron chi connectivity index (χ4n) is 2.15.